The normalized spacial score (nSPS) is 17.9. The molecule has 1 aliphatic carbocycles. The van der Waals surface area contributed by atoms with Gasteiger partial charge in [0, 0.05) is 5.56 Å². The summed E-state index contributed by atoms with van der Waals surface area (Å²) < 4.78 is 0. The predicted molar refractivity (Wildman–Crippen MR) is 105 cm³/mol. The summed E-state index contributed by atoms with van der Waals surface area (Å²) in [6.07, 6.45) is 3.43. The second-order valence-corrected chi connectivity index (χ2v) is 7.59. The molecule has 0 bridgehead atoms. The van der Waals surface area contributed by atoms with Crippen LogP contribution in [0.4, 0.5) is 4.79 Å². The number of imide groups is 1. The van der Waals surface area contributed by atoms with Gasteiger partial charge in [-0.3, -0.25) is 9.69 Å². The van der Waals surface area contributed by atoms with Gasteiger partial charge in [-0.1, -0.05) is 61.4 Å². The molecule has 5 rings (SSSR count). The van der Waals surface area contributed by atoms with Crippen molar-refractivity contribution >= 4 is 11.9 Å². The lowest BCUT2D eigenvalue weighted by atomic mass is 9.97. The number of aromatic nitrogens is 4. The molecule has 0 atom stereocenters. The molecule has 1 saturated carbocycles. The van der Waals surface area contributed by atoms with Crippen molar-refractivity contribution in [3.05, 3.63) is 54.1 Å². The highest BCUT2D eigenvalue weighted by molar-refractivity contribution is 6.07. The van der Waals surface area contributed by atoms with Crippen molar-refractivity contribution in [3.63, 3.8) is 0 Å². The molecule has 0 radical (unpaired) electrons. The van der Waals surface area contributed by atoms with Gasteiger partial charge in [-0.2, -0.15) is 5.21 Å². The number of aromatic amines is 1. The maximum absolute atomic E-state index is 12.8. The van der Waals surface area contributed by atoms with Crippen LogP contribution in [0.2, 0.25) is 0 Å². The fourth-order valence-electron chi connectivity index (χ4n) is 4.32. The van der Waals surface area contributed by atoms with Crippen LogP contribution in [-0.4, -0.2) is 43.0 Å². The summed E-state index contributed by atoms with van der Waals surface area (Å²) in [6, 6.07) is 15.4. The van der Waals surface area contributed by atoms with Crippen LogP contribution < -0.4 is 5.32 Å². The molecule has 2 fully saturated rings. The first-order valence-corrected chi connectivity index (χ1v) is 9.73. The smallest absolute Gasteiger partial charge is 0.323 e. The molecular formula is C21H20N6O2. The molecule has 3 aromatic rings. The number of carbonyl (C=O) groups excluding carboxylic acids is 2. The van der Waals surface area contributed by atoms with Gasteiger partial charge in [0.25, 0.3) is 5.91 Å². The Morgan fingerprint density at radius 2 is 1.69 bits per heavy atom. The van der Waals surface area contributed by atoms with Crippen LogP contribution in [0.5, 0.6) is 0 Å². The third-order valence-corrected chi connectivity index (χ3v) is 5.82. The van der Waals surface area contributed by atoms with E-state index in [2.05, 4.69) is 25.9 Å². The van der Waals surface area contributed by atoms with Crippen LogP contribution in [0, 0.1) is 0 Å². The number of carbonyl (C=O) groups is 2. The van der Waals surface area contributed by atoms with E-state index in [1.807, 2.05) is 48.5 Å². The zero-order valence-electron chi connectivity index (χ0n) is 15.8. The Labute approximate surface area is 167 Å². The highest BCUT2D eigenvalue weighted by atomic mass is 16.2. The Morgan fingerprint density at radius 3 is 2.38 bits per heavy atom. The lowest BCUT2D eigenvalue weighted by Gasteiger charge is -2.20. The number of amides is 3. The molecule has 2 aromatic carbocycles. The number of hydrogen-bond acceptors (Lipinski definition) is 5. The van der Waals surface area contributed by atoms with Crippen molar-refractivity contribution in [1.82, 2.24) is 30.8 Å². The van der Waals surface area contributed by atoms with E-state index >= 15 is 0 Å². The zero-order chi connectivity index (χ0) is 19.8. The van der Waals surface area contributed by atoms with E-state index in [4.69, 9.17) is 0 Å². The largest absolute Gasteiger partial charge is 0.325 e. The van der Waals surface area contributed by atoms with Gasteiger partial charge in [0.15, 0.2) is 0 Å². The molecule has 2 heterocycles. The van der Waals surface area contributed by atoms with E-state index in [1.165, 1.54) is 4.90 Å². The van der Waals surface area contributed by atoms with E-state index in [0.717, 1.165) is 47.9 Å². The van der Waals surface area contributed by atoms with Crippen LogP contribution in [0.25, 0.3) is 22.5 Å². The monoisotopic (exact) mass is 388 g/mol. The predicted octanol–water partition coefficient (Wildman–Crippen LogP) is 2.90. The first-order valence-electron chi connectivity index (χ1n) is 9.73. The second-order valence-electron chi connectivity index (χ2n) is 7.59. The minimum Gasteiger partial charge on any atom is -0.323 e. The number of benzene rings is 2. The van der Waals surface area contributed by atoms with Crippen molar-refractivity contribution in [1.29, 1.82) is 0 Å². The highest BCUT2D eigenvalue weighted by Crippen LogP contribution is 2.36. The summed E-state index contributed by atoms with van der Waals surface area (Å²) in [5.74, 6) is 0.442. The quantitative estimate of drug-likeness (QED) is 0.669. The van der Waals surface area contributed by atoms with Crippen molar-refractivity contribution in [2.45, 2.75) is 37.8 Å². The van der Waals surface area contributed by atoms with Gasteiger partial charge in [-0.15, -0.1) is 10.2 Å². The Morgan fingerprint density at radius 1 is 0.966 bits per heavy atom. The Kier molecular flexibility index (Phi) is 4.12. The minimum absolute atomic E-state index is 0.0912. The molecule has 0 unspecified atom stereocenters. The fraction of sp³-hybridized carbons (Fsp3) is 0.286. The fourth-order valence-corrected chi connectivity index (χ4v) is 4.32. The number of hydrogen-bond donors (Lipinski definition) is 2. The number of nitrogens with zero attached hydrogens (tertiary/aromatic N) is 4. The van der Waals surface area contributed by atoms with Crippen LogP contribution in [0.1, 0.15) is 31.2 Å². The molecule has 2 N–H and O–H groups in total. The van der Waals surface area contributed by atoms with Crippen LogP contribution in [0.3, 0.4) is 0 Å². The standard InChI is InChI=1S/C21H20N6O2/c28-19-21(11-3-4-12-21)22-20(29)27(19)13-14-7-9-15(10-8-14)16-5-1-2-6-17(16)18-23-25-26-24-18/h1-2,5-10H,3-4,11-13H2,(H,22,29)(H,23,24,25,26). The van der Waals surface area contributed by atoms with Gasteiger partial charge in [0.2, 0.25) is 5.82 Å². The summed E-state index contributed by atoms with van der Waals surface area (Å²) in [7, 11) is 0. The molecule has 1 saturated heterocycles. The van der Waals surface area contributed by atoms with Gasteiger partial charge >= 0.3 is 6.03 Å². The zero-order valence-corrected chi connectivity index (χ0v) is 15.8. The summed E-state index contributed by atoms with van der Waals surface area (Å²) in [4.78, 5) is 26.6. The van der Waals surface area contributed by atoms with Gasteiger partial charge < -0.3 is 5.32 Å². The van der Waals surface area contributed by atoms with E-state index in [0.29, 0.717) is 5.82 Å². The summed E-state index contributed by atoms with van der Waals surface area (Å²) >= 11 is 0. The number of H-pyrrole nitrogens is 1. The van der Waals surface area contributed by atoms with Crippen LogP contribution in [0.15, 0.2) is 48.5 Å². The Balaban J connectivity index is 1.38. The molecule has 1 aromatic heterocycles. The van der Waals surface area contributed by atoms with E-state index in [-0.39, 0.29) is 18.5 Å². The molecule has 3 amide bonds. The topological polar surface area (TPSA) is 104 Å². The average molecular weight is 388 g/mol. The van der Waals surface area contributed by atoms with Gasteiger partial charge in [0.1, 0.15) is 5.54 Å². The molecular weight excluding hydrogens is 368 g/mol. The van der Waals surface area contributed by atoms with E-state index in [9.17, 15) is 9.59 Å². The third-order valence-electron chi connectivity index (χ3n) is 5.82. The summed E-state index contributed by atoms with van der Waals surface area (Å²) in [5.41, 5.74) is 3.11. The highest BCUT2D eigenvalue weighted by Gasteiger charge is 2.52. The number of rotatable bonds is 4. The second kappa shape index (κ2) is 6.80. The van der Waals surface area contributed by atoms with Gasteiger partial charge in [-0.25, -0.2) is 4.79 Å². The van der Waals surface area contributed by atoms with Crippen LogP contribution >= 0.6 is 0 Å². The molecule has 29 heavy (non-hydrogen) atoms. The molecule has 146 valence electrons. The van der Waals surface area contributed by atoms with E-state index < -0.39 is 5.54 Å². The van der Waals surface area contributed by atoms with Crippen molar-refractivity contribution in [2.75, 3.05) is 0 Å². The SMILES string of the molecule is O=C1NC2(CCCC2)C(=O)N1Cc1ccc(-c2ccccc2-c2nn[nH]n2)cc1. The lowest BCUT2D eigenvalue weighted by Crippen LogP contribution is -2.44. The maximum Gasteiger partial charge on any atom is 0.325 e. The maximum atomic E-state index is 12.8. The molecule has 2 aliphatic rings. The van der Waals surface area contributed by atoms with E-state index in [1.54, 1.807) is 0 Å². The van der Waals surface area contributed by atoms with Gasteiger partial charge in [0.05, 0.1) is 6.54 Å². The molecule has 1 aliphatic heterocycles. The first-order chi connectivity index (χ1) is 14.2. The van der Waals surface area contributed by atoms with Crippen molar-refractivity contribution < 1.29 is 9.59 Å². The van der Waals surface area contributed by atoms with Crippen molar-refractivity contribution in [3.8, 4) is 22.5 Å². The Bertz CT molecular complexity index is 1060. The third kappa shape index (κ3) is 2.97. The molecule has 8 heteroatoms. The average Bonchev–Trinajstić information content (AvgIpc) is 3.48. The summed E-state index contributed by atoms with van der Waals surface area (Å²) in [5, 5.41) is 17.2. The first kappa shape index (κ1) is 17.5. The lowest BCUT2D eigenvalue weighted by molar-refractivity contribution is -0.131. The van der Waals surface area contributed by atoms with Gasteiger partial charge in [-0.05, 0) is 34.7 Å². The molecule has 8 nitrogen and oxygen atoms in total. The van der Waals surface area contributed by atoms with Crippen LogP contribution in [-0.2, 0) is 11.3 Å². The minimum atomic E-state index is -0.666. The molecule has 1 spiro atoms. The van der Waals surface area contributed by atoms with Crippen molar-refractivity contribution in [2.24, 2.45) is 0 Å². The summed E-state index contributed by atoms with van der Waals surface area (Å²) in [6.45, 7) is 0.277. The number of urea groups is 1. The number of tetrazole rings is 1. The Hall–Kier alpha value is -3.55. The number of nitrogens with one attached hydrogen (secondary N) is 2.